The fraction of sp³-hybridized carbons (Fsp3) is 0.222. The Morgan fingerprint density at radius 2 is 1.91 bits per heavy atom. The summed E-state index contributed by atoms with van der Waals surface area (Å²) in [6.07, 6.45) is -0.399. The normalized spacial score (nSPS) is 13.8. The molecule has 23 heavy (non-hydrogen) atoms. The molecular weight excluding hydrogens is 294 g/mol. The molecule has 0 saturated carbocycles. The van der Waals surface area contributed by atoms with E-state index in [4.69, 9.17) is 14.3 Å². The van der Waals surface area contributed by atoms with Crippen LogP contribution in [0.4, 0.5) is 0 Å². The van der Waals surface area contributed by atoms with E-state index in [1.54, 1.807) is 32.2 Å². The largest absolute Gasteiger partial charge is 0.481 e. The van der Waals surface area contributed by atoms with E-state index in [1.165, 1.54) is 0 Å². The van der Waals surface area contributed by atoms with E-state index in [-0.39, 0.29) is 0 Å². The molecule has 118 valence electrons. The van der Waals surface area contributed by atoms with Gasteiger partial charge in [0.25, 0.3) is 0 Å². The number of fused-ring (bicyclic) bond motifs is 1. The van der Waals surface area contributed by atoms with Crippen molar-refractivity contribution >= 4 is 17.1 Å². The van der Waals surface area contributed by atoms with Crippen LogP contribution in [0.2, 0.25) is 0 Å². The molecule has 0 aliphatic carbocycles. The maximum absolute atomic E-state index is 11.1. The number of benzene rings is 2. The van der Waals surface area contributed by atoms with Crippen LogP contribution in [0.15, 0.2) is 52.9 Å². The van der Waals surface area contributed by atoms with Gasteiger partial charge in [-0.3, -0.25) is 4.79 Å². The Hall–Kier alpha value is -2.66. The van der Waals surface area contributed by atoms with E-state index in [0.717, 1.165) is 5.56 Å². The van der Waals surface area contributed by atoms with Gasteiger partial charge in [0, 0.05) is 7.11 Å². The average Bonchev–Trinajstić information content (AvgIpc) is 2.98. The van der Waals surface area contributed by atoms with Crippen molar-refractivity contribution in [3.63, 3.8) is 0 Å². The first-order valence-electron chi connectivity index (χ1n) is 7.31. The van der Waals surface area contributed by atoms with Gasteiger partial charge >= 0.3 is 5.97 Å². The lowest BCUT2D eigenvalue weighted by molar-refractivity contribution is -0.138. The van der Waals surface area contributed by atoms with E-state index >= 15 is 0 Å². The van der Waals surface area contributed by atoms with Crippen LogP contribution in [0.3, 0.4) is 0 Å². The maximum Gasteiger partial charge on any atom is 0.310 e. The second-order valence-electron chi connectivity index (χ2n) is 5.37. The molecule has 0 aliphatic heterocycles. The number of carbonyl (C=O) groups is 1. The number of rotatable bonds is 5. The minimum absolute atomic E-state index is 0.399. The van der Waals surface area contributed by atoms with Gasteiger partial charge in [0.1, 0.15) is 5.52 Å². The smallest absolute Gasteiger partial charge is 0.310 e. The molecule has 0 aliphatic rings. The number of methoxy groups -OCH3 is 1. The standard InChI is InChI=1S/C18H17NO4/c1-11(18(20)21)13-8-9-15-14(10-13)19-17(23-15)16(22-2)12-6-4-3-5-7-12/h3-11,16H,1-2H3,(H,20,21). The van der Waals surface area contributed by atoms with Gasteiger partial charge in [-0.2, -0.15) is 0 Å². The summed E-state index contributed by atoms with van der Waals surface area (Å²) in [4.78, 5) is 15.6. The first-order chi connectivity index (χ1) is 11.1. The van der Waals surface area contributed by atoms with Crippen molar-refractivity contribution < 1.29 is 19.1 Å². The van der Waals surface area contributed by atoms with Crippen LogP contribution in [0, 0.1) is 0 Å². The van der Waals surface area contributed by atoms with Gasteiger partial charge in [0.15, 0.2) is 11.7 Å². The minimum Gasteiger partial charge on any atom is -0.481 e. The first kappa shape index (κ1) is 15.2. The van der Waals surface area contributed by atoms with Crippen LogP contribution >= 0.6 is 0 Å². The van der Waals surface area contributed by atoms with E-state index in [2.05, 4.69) is 4.98 Å². The maximum atomic E-state index is 11.1. The van der Waals surface area contributed by atoms with Gasteiger partial charge in [-0.15, -0.1) is 0 Å². The molecule has 0 spiro atoms. The Kier molecular flexibility index (Phi) is 4.12. The van der Waals surface area contributed by atoms with Gasteiger partial charge in [0.2, 0.25) is 5.89 Å². The van der Waals surface area contributed by atoms with Crippen LogP contribution < -0.4 is 0 Å². The predicted octanol–water partition coefficient (Wildman–Crippen LogP) is 3.75. The zero-order chi connectivity index (χ0) is 16.4. The molecule has 5 nitrogen and oxygen atoms in total. The average molecular weight is 311 g/mol. The highest BCUT2D eigenvalue weighted by atomic mass is 16.5. The lowest BCUT2D eigenvalue weighted by Crippen LogP contribution is -2.07. The summed E-state index contributed by atoms with van der Waals surface area (Å²) >= 11 is 0. The summed E-state index contributed by atoms with van der Waals surface area (Å²) in [6, 6.07) is 14.9. The van der Waals surface area contributed by atoms with Crippen LogP contribution in [-0.4, -0.2) is 23.2 Å². The number of aromatic nitrogens is 1. The zero-order valence-corrected chi connectivity index (χ0v) is 12.9. The Morgan fingerprint density at radius 3 is 2.57 bits per heavy atom. The van der Waals surface area contributed by atoms with Crippen molar-refractivity contribution in [2.75, 3.05) is 7.11 Å². The minimum atomic E-state index is -0.868. The number of ether oxygens (including phenoxy) is 1. The number of hydrogen-bond acceptors (Lipinski definition) is 4. The second kappa shape index (κ2) is 6.22. The van der Waals surface area contributed by atoms with E-state index in [9.17, 15) is 4.79 Å². The summed E-state index contributed by atoms with van der Waals surface area (Å²) < 4.78 is 11.3. The first-order valence-corrected chi connectivity index (χ1v) is 7.31. The van der Waals surface area contributed by atoms with Crippen LogP contribution in [0.5, 0.6) is 0 Å². The molecule has 2 unspecified atom stereocenters. The van der Waals surface area contributed by atoms with Crippen molar-refractivity contribution in [1.82, 2.24) is 4.98 Å². The molecule has 0 fully saturated rings. The summed E-state index contributed by atoms with van der Waals surface area (Å²) in [6.45, 7) is 1.65. The highest BCUT2D eigenvalue weighted by Crippen LogP contribution is 2.29. The van der Waals surface area contributed by atoms with Gasteiger partial charge in [0.05, 0.1) is 5.92 Å². The second-order valence-corrected chi connectivity index (χ2v) is 5.37. The van der Waals surface area contributed by atoms with Crippen molar-refractivity contribution in [3.05, 3.63) is 65.5 Å². The van der Waals surface area contributed by atoms with Crippen molar-refractivity contribution in [2.24, 2.45) is 0 Å². The number of aliphatic carboxylic acids is 1. The van der Waals surface area contributed by atoms with Crippen LogP contribution in [0.1, 0.15) is 36.0 Å². The summed E-state index contributed by atoms with van der Waals surface area (Å²) in [5, 5.41) is 9.12. The Bertz CT molecular complexity index is 825. The lowest BCUT2D eigenvalue weighted by atomic mass is 10.0. The van der Waals surface area contributed by atoms with Crippen molar-refractivity contribution in [3.8, 4) is 0 Å². The number of nitrogens with zero attached hydrogens (tertiary/aromatic N) is 1. The molecule has 0 saturated heterocycles. The zero-order valence-electron chi connectivity index (χ0n) is 12.9. The summed E-state index contributed by atoms with van der Waals surface area (Å²) in [7, 11) is 1.60. The molecule has 5 heteroatoms. The molecule has 3 rings (SSSR count). The number of carboxylic acids is 1. The van der Waals surface area contributed by atoms with E-state index in [0.29, 0.717) is 22.6 Å². The molecule has 0 radical (unpaired) electrons. The molecular formula is C18H17NO4. The van der Waals surface area contributed by atoms with Crippen LogP contribution in [-0.2, 0) is 9.53 Å². The third kappa shape index (κ3) is 2.96. The van der Waals surface area contributed by atoms with Gasteiger partial charge in [-0.05, 0) is 30.2 Å². The van der Waals surface area contributed by atoms with Gasteiger partial charge in [-0.1, -0.05) is 36.4 Å². The summed E-state index contributed by atoms with van der Waals surface area (Å²) in [5.74, 6) is -1.01. The third-order valence-corrected chi connectivity index (χ3v) is 3.86. The van der Waals surface area contributed by atoms with Gasteiger partial charge < -0.3 is 14.3 Å². The monoisotopic (exact) mass is 311 g/mol. The molecule has 3 aromatic rings. The molecule has 2 atom stereocenters. The molecule has 1 aromatic heterocycles. The molecule has 1 N–H and O–H groups in total. The Morgan fingerprint density at radius 1 is 1.17 bits per heavy atom. The fourth-order valence-corrected chi connectivity index (χ4v) is 2.49. The molecule has 0 amide bonds. The van der Waals surface area contributed by atoms with Crippen molar-refractivity contribution in [1.29, 1.82) is 0 Å². The third-order valence-electron chi connectivity index (χ3n) is 3.86. The lowest BCUT2D eigenvalue weighted by Gasteiger charge is -2.11. The quantitative estimate of drug-likeness (QED) is 0.777. The Labute approximate surface area is 133 Å². The van der Waals surface area contributed by atoms with E-state index in [1.807, 2.05) is 30.3 Å². The number of oxazole rings is 1. The van der Waals surface area contributed by atoms with E-state index < -0.39 is 18.0 Å². The Balaban J connectivity index is 2.01. The SMILES string of the molecule is COC(c1ccccc1)c1nc2cc(C(C)C(=O)O)ccc2o1. The van der Waals surface area contributed by atoms with Crippen molar-refractivity contribution in [2.45, 2.75) is 18.9 Å². The fourth-order valence-electron chi connectivity index (χ4n) is 2.49. The van der Waals surface area contributed by atoms with Crippen LogP contribution in [0.25, 0.3) is 11.1 Å². The highest BCUT2D eigenvalue weighted by molar-refractivity contribution is 5.79. The molecule has 2 aromatic carbocycles. The highest BCUT2D eigenvalue weighted by Gasteiger charge is 2.21. The molecule has 1 heterocycles. The van der Waals surface area contributed by atoms with Gasteiger partial charge in [-0.25, -0.2) is 4.98 Å². The molecule has 0 bridgehead atoms. The summed E-state index contributed by atoms with van der Waals surface area (Å²) in [5.41, 5.74) is 2.88. The topological polar surface area (TPSA) is 72.6 Å². The number of hydrogen-bond donors (Lipinski definition) is 1. The predicted molar refractivity (Wildman–Crippen MR) is 85.4 cm³/mol. The number of carboxylic acid groups (broad SMARTS) is 1.